The average Bonchev–Trinajstić information content (AvgIpc) is 3.35. The predicted molar refractivity (Wildman–Crippen MR) is 110 cm³/mol. The highest BCUT2D eigenvalue weighted by Crippen LogP contribution is 2.28. The summed E-state index contributed by atoms with van der Waals surface area (Å²) >= 11 is 0. The zero-order valence-corrected chi connectivity index (χ0v) is 17.1. The van der Waals surface area contributed by atoms with E-state index in [9.17, 15) is 4.79 Å². The van der Waals surface area contributed by atoms with E-state index in [0.717, 1.165) is 44.7 Å². The molecule has 2 N–H and O–H groups in total. The van der Waals surface area contributed by atoms with Crippen LogP contribution in [0.5, 0.6) is 0 Å². The number of hydrogen-bond acceptors (Lipinski definition) is 7. The van der Waals surface area contributed by atoms with Crippen molar-refractivity contribution in [3.05, 3.63) is 34.2 Å². The number of aromatic amines is 1. The average molecular weight is 420 g/mol. The minimum Gasteiger partial charge on any atom is -0.419 e. The molecule has 9 nitrogen and oxygen atoms in total. The Kier molecular flexibility index (Phi) is 5.98. The van der Waals surface area contributed by atoms with Gasteiger partial charge in [0.1, 0.15) is 11.2 Å². The molecule has 2 aliphatic heterocycles. The van der Waals surface area contributed by atoms with Crippen molar-refractivity contribution in [2.75, 3.05) is 26.2 Å². The van der Waals surface area contributed by atoms with Gasteiger partial charge in [-0.05, 0) is 51.9 Å². The monoisotopic (exact) mass is 419 g/mol. The summed E-state index contributed by atoms with van der Waals surface area (Å²) < 4.78 is 7.74. The normalized spacial score (nSPS) is 18.8. The molecule has 3 aromatic rings. The van der Waals surface area contributed by atoms with Gasteiger partial charge in [-0.25, -0.2) is 4.52 Å². The summed E-state index contributed by atoms with van der Waals surface area (Å²) in [6, 6.07) is 1.66. The van der Waals surface area contributed by atoms with Crippen LogP contribution in [0.3, 0.4) is 0 Å². The molecule has 0 radical (unpaired) electrons. The lowest BCUT2D eigenvalue weighted by Gasteiger charge is -2.24. The lowest BCUT2D eigenvalue weighted by Crippen LogP contribution is -2.29. The first-order valence-corrected chi connectivity index (χ1v) is 10.1. The Morgan fingerprint density at radius 3 is 2.72 bits per heavy atom. The summed E-state index contributed by atoms with van der Waals surface area (Å²) in [5.74, 6) is 1.32. The molecule has 156 valence electrons. The number of hydrogen-bond donors (Lipinski definition) is 2. The Labute approximate surface area is 174 Å². The molecule has 10 heteroatoms. The molecule has 0 aliphatic carbocycles. The second-order valence-corrected chi connectivity index (χ2v) is 7.74. The van der Waals surface area contributed by atoms with Crippen LogP contribution in [0.25, 0.3) is 17.1 Å². The molecular formula is C19H26ClN7O2. The van der Waals surface area contributed by atoms with Gasteiger partial charge in [-0.3, -0.25) is 9.69 Å². The molecule has 0 spiro atoms. The number of rotatable bonds is 4. The van der Waals surface area contributed by atoms with E-state index in [1.54, 1.807) is 12.3 Å². The third kappa shape index (κ3) is 4.08. The highest BCUT2D eigenvalue weighted by atomic mass is 35.5. The van der Waals surface area contributed by atoms with Gasteiger partial charge in [0.25, 0.3) is 11.4 Å². The standard InChI is InChI=1S/C19H25N7O2.ClH/c27-16-10-15(13-4-6-20-7-5-13)26-18(22-16)14(11-21-26)19-24-23-17(28-19)12-25-8-2-1-3-9-25;/h10-11,13,20H,1-9,12H2,(H,22,27);1H. The van der Waals surface area contributed by atoms with E-state index >= 15 is 0 Å². The van der Waals surface area contributed by atoms with Crippen molar-refractivity contribution in [3.63, 3.8) is 0 Å². The van der Waals surface area contributed by atoms with Crippen LogP contribution in [0.15, 0.2) is 21.5 Å². The molecule has 0 unspecified atom stereocenters. The van der Waals surface area contributed by atoms with Crippen molar-refractivity contribution in [3.8, 4) is 11.5 Å². The van der Waals surface area contributed by atoms with E-state index in [0.29, 0.717) is 35.5 Å². The van der Waals surface area contributed by atoms with Crippen LogP contribution in [-0.2, 0) is 6.54 Å². The highest BCUT2D eigenvalue weighted by molar-refractivity contribution is 5.85. The molecule has 0 saturated carbocycles. The number of piperidine rings is 2. The molecule has 0 aromatic carbocycles. The van der Waals surface area contributed by atoms with Crippen LogP contribution < -0.4 is 10.9 Å². The summed E-state index contributed by atoms with van der Waals surface area (Å²) in [5.41, 5.74) is 2.11. The maximum absolute atomic E-state index is 12.3. The number of aromatic nitrogens is 5. The van der Waals surface area contributed by atoms with Gasteiger partial charge in [0.15, 0.2) is 0 Å². The largest absolute Gasteiger partial charge is 0.419 e. The third-order valence-corrected chi connectivity index (χ3v) is 5.80. The van der Waals surface area contributed by atoms with Crippen molar-refractivity contribution >= 4 is 18.1 Å². The van der Waals surface area contributed by atoms with Crippen molar-refractivity contribution < 1.29 is 4.42 Å². The van der Waals surface area contributed by atoms with Crippen LogP contribution in [0.4, 0.5) is 0 Å². The summed E-state index contributed by atoms with van der Waals surface area (Å²) in [7, 11) is 0. The molecule has 29 heavy (non-hydrogen) atoms. The number of fused-ring (bicyclic) bond motifs is 1. The van der Waals surface area contributed by atoms with Gasteiger partial charge >= 0.3 is 0 Å². The van der Waals surface area contributed by atoms with Gasteiger partial charge < -0.3 is 14.7 Å². The van der Waals surface area contributed by atoms with Crippen molar-refractivity contribution in [2.24, 2.45) is 0 Å². The van der Waals surface area contributed by atoms with Crippen LogP contribution in [0, 0.1) is 0 Å². The minimum absolute atomic E-state index is 0. The van der Waals surface area contributed by atoms with Crippen LogP contribution in [0.1, 0.15) is 49.6 Å². The van der Waals surface area contributed by atoms with Crippen LogP contribution in [0.2, 0.25) is 0 Å². The van der Waals surface area contributed by atoms with Gasteiger partial charge in [-0.1, -0.05) is 6.42 Å². The van der Waals surface area contributed by atoms with E-state index in [-0.39, 0.29) is 18.0 Å². The Balaban J connectivity index is 0.00000205. The van der Waals surface area contributed by atoms with Crippen molar-refractivity contribution in [1.29, 1.82) is 0 Å². The Morgan fingerprint density at radius 1 is 1.14 bits per heavy atom. The number of H-pyrrole nitrogens is 1. The molecule has 0 atom stereocenters. The third-order valence-electron chi connectivity index (χ3n) is 5.80. The molecule has 5 heterocycles. The first-order valence-electron chi connectivity index (χ1n) is 10.1. The van der Waals surface area contributed by atoms with E-state index in [1.165, 1.54) is 19.3 Å². The van der Waals surface area contributed by atoms with Gasteiger partial charge in [0.05, 0.1) is 18.4 Å². The van der Waals surface area contributed by atoms with Crippen LogP contribution >= 0.6 is 12.4 Å². The van der Waals surface area contributed by atoms with Crippen LogP contribution in [-0.4, -0.2) is 55.9 Å². The smallest absolute Gasteiger partial charge is 0.253 e. The lowest BCUT2D eigenvalue weighted by molar-refractivity contribution is 0.202. The zero-order chi connectivity index (χ0) is 18.9. The summed E-state index contributed by atoms with van der Waals surface area (Å²) in [6.45, 7) is 4.72. The molecule has 2 aliphatic rings. The van der Waals surface area contributed by atoms with Gasteiger partial charge in [0, 0.05) is 12.0 Å². The number of nitrogens with one attached hydrogen (secondary N) is 2. The fourth-order valence-corrected chi connectivity index (χ4v) is 4.31. The minimum atomic E-state index is -0.129. The van der Waals surface area contributed by atoms with Gasteiger partial charge in [-0.15, -0.1) is 22.6 Å². The zero-order valence-electron chi connectivity index (χ0n) is 16.3. The fraction of sp³-hybridized carbons (Fsp3) is 0.579. The van der Waals surface area contributed by atoms with E-state index in [1.807, 2.05) is 4.52 Å². The predicted octanol–water partition coefficient (Wildman–Crippen LogP) is 1.95. The molecule has 2 fully saturated rings. The van der Waals surface area contributed by atoms with Gasteiger partial charge in [0.2, 0.25) is 5.89 Å². The fourth-order valence-electron chi connectivity index (χ4n) is 4.31. The maximum atomic E-state index is 12.3. The SMILES string of the molecule is Cl.O=c1cc(C2CCNCC2)n2ncc(-c3nnc(CN4CCCCC4)o3)c2[nH]1. The molecule has 3 aromatic heterocycles. The number of likely N-dealkylation sites (tertiary alicyclic amines) is 1. The Morgan fingerprint density at radius 2 is 1.93 bits per heavy atom. The molecule has 0 bridgehead atoms. The summed E-state index contributed by atoms with van der Waals surface area (Å²) in [5, 5.41) is 16.3. The first kappa shape index (κ1) is 20.1. The Bertz CT molecular complexity index is 1020. The lowest BCUT2D eigenvalue weighted by atomic mass is 9.94. The quantitative estimate of drug-likeness (QED) is 0.665. The second kappa shape index (κ2) is 8.64. The Hall–Kier alpha value is -2.23. The highest BCUT2D eigenvalue weighted by Gasteiger charge is 2.23. The number of halogens is 1. The molecule has 0 amide bonds. The maximum Gasteiger partial charge on any atom is 0.253 e. The molecule has 2 saturated heterocycles. The topological polar surface area (TPSA) is 104 Å². The summed E-state index contributed by atoms with van der Waals surface area (Å²) in [6.07, 6.45) is 7.42. The van der Waals surface area contributed by atoms with Crippen molar-refractivity contribution in [1.82, 2.24) is 35.0 Å². The van der Waals surface area contributed by atoms with Gasteiger partial charge in [-0.2, -0.15) is 5.10 Å². The molecular weight excluding hydrogens is 394 g/mol. The number of nitrogens with zero attached hydrogens (tertiary/aromatic N) is 5. The summed E-state index contributed by atoms with van der Waals surface area (Å²) in [4.78, 5) is 17.5. The van der Waals surface area contributed by atoms with E-state index in [2.05, 4.69) is 30.5 Å². The molecule has 5 rings (SSSR count). The second-order valence-electron chi connectivity index (χ2n) is 7.74. The van der Waals surface area contributed by atoms with E-state index in [4.69, 9.17) is 4.42 Å². The first-order chi connectivity index (χ1) is 13.8. The van der Waals surface area contributed by atoms with Crippen molar-refractivity contribution in [2.45, 2.75) is 44.6 Å². The van der Waals surface area contributed by atoms with E-state index < -0.39 is 0 Å².